The summed E-state index contributed by atoms with van der Waals surface area (Å²) in [6.07, 6.45) is 16.1. The number of rotatable bonds is 40. The first-order valence-corrected chi connectivity index (χ1v) is 26.9. The van der Waals surface area contributed by atoms with Gasteiger partial charge in [-0.15, -0.1) is 0 Å². The molecule has 0 amide bonds. The molecule has 0 saturated heterocycles. The van der Waals surface area contributed by atoms with Crippen LogP contribution < -0.4 is 0 Å². The molecule has 0 spiro atoms. The first-order chi connectivity index (χ1) is 29.1. The van der Waals surface area contributed by atoms with E-state index in [0.717, 1.165) is 57.1 Å². The van der Waals surface area contributed by atoms with Crippen LogP contribution in [-0.4, -0.2) is 109 Å². The predicted octanol–water partition coefficient (Wildman–Crippen LogP) is 8.14. The minimum Gasteiger partial charge on any atom is -0.462 e. The molecule has 1 aliphatic rings. The summed E-state index contributed by atoms with van der Waals surface area (Å²) in [5.41, 5.74) is 0. The molecule has 61 heavy (non-hydrogen) atoms. The molecule has 4 unspecified atom stereocenters. The molecule has 1 aliphatic carbocycles. The van der Waals surface area contributed by atoms with Gasteiger partial charge in [-0.3, -0.25) is 23.2 Å². The van der Waals surface area contributed by atoms with Gasteiger partial charge in [-0.25, -0.2) is 9.13 Å². The summed E-state index contributed by atoms with van der Waals surface area (Å²) in [5.74, 6) is -0.230. The van der Waals surface area contributed by atoms with Crippen molar-refractivity contribution in [3.63, 3.8) is 0 Å². The Morgan fingerprint density at radius 3 is 1.30 bits per heavy atom. The highest BCUT2D eigenvalue weighted by Gasteiger charge is 2.54. The molecule has 0 aliphatic heterocycles. The number of aliphatic hydroxyl groups is 4. The second-order valence-electron chi connectivity index (χ2n) is 16.6. The fourth-order valence-corrected chi connectivity index (χ4v) is 9.12. The average Bonchev–Trinajstić information content (AvgIpc) is 3.21. The maximum atomic E-state index is 13.0. The normalized spacial score (nSPS) is 22.2. The first-order valence-electron chi connectivity index (χ1n) is 23.2. The molecule has 0 radical (unpaired) electrons. The van der Waals surface area contributed by atoms with E-state index >= 15 is 0 Å². The zero-order chi connectivity index (χ0) is 45.4. The zero-order valence-corrected chi connectivity index (χ0v) is 39.5. The van der Waals surface area contributed by atoms with Crippen LogP contribution in [0.1, 0.15) is 193 Å². The molecule has 0 bridgehead atoms. The number of phosphoric ester groups is 2. The van der Waals surface area contributed by atoms with Crippen LogP contribution in [0.3, 0.4) is 0 Å². The number of hydrogen-bond donors (Lipinski definition) is 8. The quantitative estimate of drug-likeness (QED) is 0.0125. The van der Waals surface area contributed by atoms with E-state index in [1.54, 1.807) is 0 Å². The number of carbonyl (C=O) groups excluding carboxylic acids is 2. The highest BCUT2D eigenvalue weighted by molar-refractivity contribution is 7.80. The second-order valence-corrected chi connectivity index (χ2v) is 19.6. The number of hydrogen-bond acceptors (Lipinski definition) is 14. The van der Waals surface area contributed by atoms with Crippen LogP contribution >= 0.6 is 28.3 Å². The van der Waals surface area contributed by atoms with E-state index in [0.29, 0.717) is 12.8 Å². The Labute approximate surface area is 370 Å². The molecule has 0 aromatic rings. The number of unbranched alkanes of at least 4 members (excludes halogenated alkanes) is 25. The van der Waals surface area contributed by atoms with Gasteiger partial charge in [0.15, 0.2) is 6.10 Å². The molecular formula is C42H82O16P2S. The molecule has 8 atom stereocenters. The molecule has 1 saturated carbocycles. The summed E-state index contributed by atoms with van der Waals surface area (Å²) in [6, 6.07) is 0. The Morgan fingerprint density at radius 2 is 0.885 bits per heavy atom. The van der Waals surface area contributed by atoms with Gasteiger partial charge < -0.3 is 44.6 Å². The molecule has 1 fully saturated rings. The van der Waals surface area contributed by atoms with Crippen molar-refractivity contribution in [2.75, 3.05) is 19.0 Å². The fourth-order valence-electron chi connectivity index (χ4n) is 7.36. The Bertz CT molecular complexity index is 1210. The van der Waals surface area contributed by atoms with Gasteiger partial charge in [0.05, 0.1) is 6.61 Å². The molecule has 1 rings (SSSR count). The van der Waals surface area contributed by atoms with Crippen LogP contribution in [0.25, 0.3) is 0 Å². The van der Waals surface area contributed by atoms with Crippen molar-refractivity contribution in [2.24, 2.45) is 0 Å². The summed E-state index contributed by atoms with van der Waals surface area (Å²) in [5, 5.41) is 41.2. The fraction of sp³-hybridized carbons (Fsp3) is 0.952. The van der Waals surface area contributed by atoms with E-state index in [-0.39, 0.29) is 12.8 Å². The van der Waals surface area contributed by atoms with Crippen LogP contribution in [0.2, 0.25) is 0 Å². The highest BCUT2D eigenvalue weighted by Crippen LogP contribution is 2.49. The van der Waals surface area contributed by atoms with Crippen LogP contribution in [0.15, 0.2) is 0 Å². The number of esters is 2. The van der Waals surface area contributed by atoms with Gasteiger partial charge in [0.1, 0.15) is 43.2 Å². The lowest BCUT2D eigenvalue weighted by molar-refractivity contribution is -0.216. The van der Waals surface area contributed by atoms with Gasteiger partial charge in [0, 0.05) is 12.8 Å². The highest BCUT2D eigenvalue weighted by atomic mass is 32.1. The minimum atomic E-state index is -5.36. The van der Waals surface area contributed by atoms with Crippen molar-refractivity contribution in [1.82, 2.24) is 0 Å². The Kier molecular flexibility index (Phi) is 34.1. The molecule has 0 aromatic heterocycles. The van der Waals surface area contributed by atoms with Crippen LogP contribution in [0, 0.1) is 0 Å². The molecule has 0 aromatic carbocycles. The van der Waals surface area contributed by atoms with Crippen molar-refractivity contribution < 1.29 is 76.9 Å². The average molecular weight is 937 g/mol. The van der Waals surface area contributed by atoms with Gasteiger partial charge in [0.25, 0.3) is 0 Å². The van der Waals surface area contributed by atoms with E-state index in [4.69, 9.17) is 28.3 Å². The Balaban J connectivity index is 2.58. The predicted molar refractivity (Wildman–Crippen MR) is 236 cm³/mol. The number of aliphatic hydroxyl groups excluding tert-OH is 4. The monoisotopic (exact) mass is 936 g/mol. The Hall–Kier alpha value is -0.650. The summed E-state index contributed by atoms with van der Waals surface area (Å²) in [6.45, 7) is 0.884. The van der Waals surface area contributed by atoms with Gasteiger partial charge in [-0.05, 0) is 25.0 Å². The van der Waals surface area contributed by atoms with E-state index in [1.807, 2.05) is 0 Å². The lowest BCUT2D eigenvalue weighted by atomic mass is 9.85. The zero-order valence-electron chi connectivity index (χ0n) is 36.8. The van der Waals surface area contributed by atoms with Crippen molar-refractivity contribution in [3.8, 4) is 0 Å². The summed E-state index contributed by atoms with van der Waals surface area (Å²) < 4.78 is 49.3. The third-order valence-corrected chi connectivity index (χ3v) is 12.8. The smallest absolute Gasteiger partial charge is 0.462 e. The SMILES string of the molecule is CCCCCCCCCCCCCCCC(=O)O[C@H](COC(=O)CCCCCCCCCCCCCCCCS)COP(=O)(O)OC1C(O)[C@@H](OP(=O)(O)O)C(O)[C@@H](O)[C@H]1O. The standard InChI is InChI=1S/C42H82O16P2S/c1-2-3-4-5-6-7-8-11-15-18-21-24-27-30-36(44)56-34(32-54-35(43)29-26-23-20-17-14-12-9-10-13-16-19-22-25-28-31-61)33-55-60(52,53)58-42-39(47)37(45)38(46)41(40(42)48)57-59(49,50)51/h34,37-42,45-48,61H,2-33H2,1H3,(H,52,53)(H2,49,50,51)/t34-,37-,38?,39-,40?,41+,42?/m1/s1. The molecule has 19 heteroatoms. The van der Waals surface area contributed by atoms with E-state index in [1.165, 1.54) is 109 Å². The van der Waals surface area contributed by atoms with Gasteiger partial charge >= 0.3 is 27.6 Å². The second kappa shape index (κ2) is 35.6. The van der Waals surface area contributed by atoms with Crippen molar-refractivity contribution >= 4 is 40.2 Å². The summed E-state index contributed by atoms with van der Waals surface area (Å²) >= 11 is 4.25. The number of thiol groups is 1. The number of phosphoric acid groups is 2. The third-order valence-electron chi connectivity index (χ3n) is 11.0. The van der Waals surface area contributed by atoms with Crippen molar-refractivity contribution in [3.05, 3.63) is 0 Å². The van der Waals surface area contributed by atoms with Crippen molar-refractivity contribution in [1.29, 1.82) is 0 Å². The molecule has 362 valence electrons. The molecule has 0 heterocycles. The van der Waals surface area contributed by atoms with E-state index in [2.05, 4.69) is 24.1 Å². The lowest BCUT2D eigenvalue weighted by Gasteiger charge is -2.43. The number of ether oxygens (including phenoxy) is 2. The van der Waals surface area contributed by atoms with Crippen molar-refractivity contribution in [2.45, 2.75) is 236 Å². The van der Waals surface area contributed by atoms with E-state index < -0.39 is 83.5 Å². The van der Waals surface area contributed by atoms with Crippen LogP contribution in [-0.2, 0) is 41.8 Å². The minimum absolute atomic E-state index is 0.0497. The first kappa shape index (κ1) is 58.4. The lowest BCUT2D eigenvalue weighted by Crippen LogP contribution is -2.64. The molecule has 16 nitrogen and oxygen atoms in total. The van der Waals surface area contributed by atoms with E-state index in [9.17, 15) is 44.0 Å². The van der Waals surface area contributed by atoms with Crippen LogP contribution in [0.4, 0.5) is 0 Å². The summed E-state index contributed by atoms with van der Waals surface area (Å²) in [4.78, 5) is 54.2. The topological polar surface area (TPSA) is 256 Å². The third kappa shape index (κ3) is 30.2. The summed E-state index contributed by atoms with van der Waals surface area (Å²) in [7, 11) is -10.7. The van der Waals surface area contributed by atoms with Gasteiger partial charge in [0.2, 0.25) is 0 Å². The molecule has 7 N–H and O–H groups in total. The largest absolute Gasteiger partial charge is 0.472 e. The number of carbonyl (C=O) groups is 2. The van der Waals surface area contributed by atoms with Gasteiger partial charge in [-0.2, -0.15) is 12.6 Å². The maximum absolute atomic E-state index is 13.0. The Morgan fingerprint density at radius 1 is 0.508 bits per heavy atom. The van der Waals surface area contributed by atoms with Crippen LogP contribution in [0.5, 0.6) is 0 Å². The molecular weight excluding hydrogens is 854 g/mol. The van der Waals surface area contributed by atoms with Gasteiger partial charge in [-0.1, -0.05) is 161 Å². The maximum Gasteiger partial charge on any atom is 0.472 e.